The molecule has 1 atom stereocenters. The lowest BCUT2D eigenvalue weighted by Gasteiger charge is -2.32. The SMILES string of the molecule is Cc1onc(-c2c(F)cccc2Cl)c1C(=O)N1CCCC(C(=O)Nc2ccccc2)C1. The molecular formula is C23H21ClFN3O3. The van der Waals surface area contributed by atoms with E-state index in [1.807, 2.05) is 30.3 Å². The van der Waals surface area contributed by atoms with Gasteiger partial charge in [-0.3, -0.25) is 9.59 Å². The number of carbonyl (C=O) groups excluding carboxylic acids is 2. The van der Waals surface area contributed by atoms with E-state index in [1.54, 1.807) is 11.8 Å². The van der Waals surface area contributed by atoms with Crippen LogP contribution in [0.2, 0.25) is 5.02 Å². The Balaban J connectivity index is 1.56. The van der Waals surface area contributed by atoms with E-state index in [4.69, 9.17) is 16.1 Å². The molecule has 1 N–H and O–H groups in total. The van der Waals surface area contributed by atoms with E-state index in [2.05, 4.69) is 10.5 Å². The average Bonchev–Trinajstić information content (AvgIpc) is 3.15. The van der Waals surface area contributed by atoms with Crippen molar-refractivity contribution < 1.29 is 18.5 Å². The Kier molecular flexibility index (Phi) is 6.04. The fraction of sp³-hybridized carbons (Fsp3) is 0.261. The lowest BCUT2D eigenvalue weighted by molar-refractivity contribution is -0.121. The van der Waals surface area contributed by atoms with Gasteiger partial charge >= 0.3 is 0 Å². The van der Waals surface area contributed by atoms with Crippen LogP contribution in [-0.4, -0.2) is 35.0 Å². The Hall–Kier alpha value is -3.19. The predicted octanol–water partition coefficient (Wildman–Crippen LogP) is 4.93. The first-order chi connectivity index (χ1) is 15.0. The molecule has 0 spiro atoms. The largest absolute Gasteiger partial charge is 0.360 e. The summed E-state index contributed by atoms with van der Waals surface area (Å²) in [6.07, 6.45) is 1.36. The van der Waals surface area contributed by atoms with Crippen molar-refractivity contribution in [1.82, 2.24) is 10.1 Å². The fourth-order valence-corrected chi connectivity index (χ4v) is 4.07. The van der Waals surface area contributed by atoms with E-state index >= 15 is 0 Å². The summed E-state index contributed by atoms with van der Waals surface area (Å²) in [6, 6.07) is 13.5. The minimum atomic E-state index is -0.589. The number of aromatic nitrogens is 1. The second-order valence-corrected chi connectivity index (χ2v) is 7.91. The number of nitrogens with one attached hydrogen (secondary N) is 1. The van der Waals surface area contributed by atoms with Crippen molar-refractivity contribution in [2.75, 3.05) is 18.4 Å². The molecule has 1 aliphatic rings. The number of rotatable bonds is 4. The molecule has 1 aliphatic heterocycles. The number of hydrogen-bond acceptors (Lipinski definition) is 4. The van der Waals surface area contributed by atoms with Gasteiger partial charge in [-0.1, -0.05) is 41.0 Å². The molecule has 0 aliphatic carbocycles. The number of piperidine rings is 1. The van der Waals surface area contributed by atoms with Gasteiger partial charge in [-0.25, -0.2) is 4.39 Å². The molecular weight excluding hydrogens is 421 g/mol. The van der Waals surface area contributed by atoms with E-state index in [0.29, 0.717) is 25.1 Å². The quantitative estimate of drug-likeness (QED) is 0.622. The van der Waals surface area contributed by atoms with Crippen LogP contribution in [0, 0.1) is 18.7 Å². The van der Waals surface area contributed by atoms with E-state index < -0.39 is 5.82 Å². The van der Waals surface area contributed by atoms with Gasteiger partial charge in [-0.2, -0.15) is 0 Å². The number of likely N-dealkylation sites (tertiary alicyclic amines) is 1. The summed E-state index contributed by atoms with van der Waals surface area (Å²) in [5.74, 6) is -1.16. The van der Waals surface area contributed by atoms with Gasteiger partial charge < -0.3 is 14.7 Å². The third-order valence-electron chi connectivity index (χ3n) is 5.40. The summed E-state index contributed by atoms with van der Waals surface area (Å²) in [7, 11) is 0. The smallest absolute Gasteiger partial charge is 0.259 e. The normalized spacial score (nSPS) is 16.2. The Morgan fingerprint density at radius 1 is 1.19 bits per heavy atom. The number of para-hydroxylation sites is 1. The minimum absolute atomic E-state index is 0.0275. The first-order valence-electron chi connectivity index (χ1n) is 10.0. The minimum Gasteiger partial charge on any atom is -0.360 e. The molecule has 4 rings (SSSR count). The monoisotopic (exact) mass is 441 g/mol. The van der Waals surface area contributed by atoms with Gasteiger partial charge in [0.2, 0.25) is 5.91 Å². The number of benzene rings is 2. The van der Waals surface area contributed by atoms with Crippen LogP contribution in [0.25, 0.3) is 11.3 Å². The number of aryl methyl sites for hydroxylation is 1. The number of nitrogens with zero attached hydrogens (tertiary/aromatic N) is 2. The molecule has 2 amide bonds. The van der Waals surface area contributed by atoms with Crippen LogP contribution in [0.4, 0.5) is 10.1 Å². The zero-order chi connectivity index (χ0) is 22.0. The summed E-state index contributed by atoms with van der Waals surface area (Å²) in [5, 5.41) is 6.94. The number of amides is 2. The van der Waals surface area contributed by atoms with Gasteiger partial charge in [0.25, 0.3) is 5.91 Å². The van der Waals surface area contributed by atoms with Crippen LogP contribution in [0.15, 0.2) is 53.1 Å². The van der Waals surface area contributed by atoms with Crippen LogP contribution in [0.3, 0.4) is 0 Å². The first-order valence-corrected chi connectivity index (χ1v) is 10.4. The molecule has 31 heavy (non-hydrogen) atoms. The summed E-state index contributed by atoms with van der Waals surface area (Å²) in [4.78, 5) is 27.7. The molecule has 6 nitrogen and oxygen atoms in total. The molecule has 1 fully saturated rings. The van der Waals surface area contributed by atoms with Crippen LogP contribution >= 0.6 is 11.6 Å². The number of anilines is 1. The van der Waals surface area contributed by atoms with Crippen molar-refractivity contribution in [3.63, 3.8) is 0 Å². The molecule has 2 heterocycles. The third-order valence-corrected chi connectivity index (χ3v) is 5.71. The molecule has 0 saturated carbocycles. The second-order valence-electron chi connectivity index (χ2n) is 7.50. The molecule has 0 radical (unpaired) electrons. The lowest BCUT2D eigenvalue weighted by Crippen LogP contribution is -2.44. The Morgan fingerprint density at radius 3 is 2.71 bits per heavy atom. The van der Waals surface area contributed by atoms with Gasteiger partial charge in [0.15, 0.2) is 0 Å². The Morgan fingerprint density at radius 2 is 1.97 bits per heavy atom. The van der Waals surface area contributed by atoms with Crippen molar-refractivity contribution in [1.29, 1.82) is 0 Å². The van der Waals surface area contributed by atoms with Crippen molar-refractivity contribution in [3.05, 3.63) is 70.7 Å². The van der Waals surface area contributed by atoms with E-state index in [0.717, 1.165) is 0 Å². The zero-order valence-electron chi connectivity index (χ0n) is 16.9. The van der Waals surface area contributed by atoms with Gasteiger partial charge in [0.1, 0.15) is 22.8 Å². The highest BCUT2D eigenvalue weighted by Crippen LogP contribution is 2.34. The van der Waals surface area contributed by atoms with Crippen molar-refractivity contribution >= 4 is 29.1 Å². The summed E-state index contributed by atoms with van der Waals surface area (Å²) < 4.78 is 19.7. The molecule has 1 aromatic heterocycles. The molecule has 2 aromatic carbocycles. The summed E-state index contributed by atoms with van der Waals surface area (Å²) in [5.41, 5.74) is 0.972. The van der Waals surface area contributed by atoms with Gasteiger partial charge in [-0.05, 0) is 44.0 Å². The van der Waals surface area contributed by atoms with Crippen molar-refractivity contribution in [2.24, 2.45) is 5.92 Å². The maximum Gasteiger partial charge on any atom is 0.259 e. The Labute approximate surface area is 184 Å². The predicted molar refractivity (Wildman–Crippen MR) is 115 cm³/mol. The highest BCUT2D eigenvalue weighted by molar-refractivity contribution is 6.33. The first kappa shape index (κ1) is 21.1. The topological polar surface area (TPSA) is 75.4 Å². The molecule has 1 unspecified atom stereocenters. The van der Waals surface area contributed by atoms with Crippen LogP contribution in [0.5, 0.6) is 0 Å². The number of halogens is 2. The molecule has 1 saturated heterocycles. The average molecular weight is 442 g/mol. The highest BCUT2D eigenvalue weighted by atomic mass is 35.5. The van der Waals surface area contributed by atoms with E-state index in [-0.39, 0.29) is 51.9 Å². The van der Waals surface area contributed by atoms with E-state index in [9.17, 15) is 14.0 Å². The van der Waals surface area contributed by atoms with Crippen LogP contribution in [-0.2, 0) is 4.79 Å². The van der Waals surface area contributed by atoms with Gasteiger partial charge in [0.05, 0.1) is 16.5 Å². The standard InChI is InChI=1S/C23H21ClFN3O3/c1-14-19(21(27-31-14)20-17(24)10-5-11-18(20)25)23(30)28-12-6-7-15(13-28)22(29)26-16-8-3-2-4-9-16/h2-5,8-11,15H,6-7,12-13H2,1H3,(H,26,29). The van der Waals surface area contributed by atoms with Crippen LogP contribution in [0.1, 0.15) is 29.0 Å². The summed E-state index contributed by atoms with van der Waals surface area (Å²) in [6.45, 7) is 2.34. The Bertz CT molecular complexity index is 1100. The van der Waals surface area contributed by atoms with Crippen LogP contribution < -0.4 is 5.32 Å². The number of carbonyl (C=O) groups is 2. The molecule has 160 valence electrons. The second kappa shape index (κ2) is 8.89. The van der Waals surface area contributed by atoms with Gasteiger partial charge in [0, 0.05) is 18.8 Å². The zero-order valence-corrected chi connectivity index (χ0v) is 17.7. The molecule has 0 bridgehead atoms. The van der Waals surface area contributed by atoms with Crippen molar-refractivity contribution in [2.45, 2.75) is 19.8 Å². The van der Waals surface area contributed by atoms with E-state index in [1.165, 1.54) is 18.2 Å². The van der Waals surface area contributed by atoms with Crippen molar-refractivity contribution in [3.8, 4) is 11.3 Å². The maximum atomic E-state index is 14.5. The molecule has 8 heteroatoms. The lowest BCUT2D eigenvalue weighted by atomic mass is 9.95. The fourth-order valence-electron chi connectivity index (χ4n) is 3.82. The third kappa shape index (κ3) is 4.32. The van der Waals surface area contributed by atoms with Gasteiger partial charge in [-0.15, -0.1) is 0 Å². The summed E-state index contributed by atoms with van der Waals surface area (Å²) >= 11 is 6.18. The highest BCUT2D eigenvalue weighted by Gasteiger charge is 2.33. The number of hydrogen-bond donors (Lipinski definition) is 1. The molecule has 3 aromatic rings. The maximum absolute atomic E-state index is 14.5.